The van der Waals surface area contributed by atoms with Gasteiger partial charge in [0.25, 0.3) is 0 Å². The van der Waals surface area contributed by atoms with Crippen LogP contribution in [0, 0.1) is 0 Å². The van der Waals surface area contributed by atoms with Gasteiger partial charge >= 0.3 is 5.97 Å². The molecule has 0 aliphatic rings. The number of nitrogens with zero attached hydrogens (tertiary/aromatic N) is 1. The first-order valence-electron chi connectivity index (χ1n) is 6.83. The van der Waals surface area contributed by atoms with Gasteiger partial charge in [0.15, 0.2) is 15.5 Å². The molecule has 23 heavy (non-hydrogen) atoms. The van der Waals surface area contributed by atoms with Gasteiger partial charge in [0.1, 0.15) is 5.75 Å². The number of aromatic carboxylic acids is 1. The summed E-state index contributed by atoms with van der Waals surface area (Å²) >= 11 is 0. The van der Waals surface area contributed by atoms with E-state index >= 15 is 0 Å². The zero-order valence-electron chi connectivity index (χ0n) is 12.8. The molecule has 2 aromatic rings. The van der Waals surface area contributed by atoms with Crippen LogP contribution < -0.4 is 4.74 Å². The van der Waals surface area contributed by atoms with E-state index in [2.05, 4.69) is 4.98 Å². The summed E-state index contributed by atoms with van der Waals surface area (Å²) in [6, 6.07) is 5.60. The van der Waals surface area contributed by atoms with E-state index in [0.29, 0.717) is 30.5 Å². The van der Waals surface area contributed by atoms with Crippen LogP contribution in [0.25, 0.3) is 10.9 Å². The van der Waals surface area contributed by atoms with Crippen molar-refractivity contribution in [3.8, 4) is 5.75 Å². The van der Waals surface area contributed by atoms with Crippen LogP contribution >= 0.6 is 0 Å². The lowest BCUT2D eigenvalue weighted by atomic mass is 10.2. The predicted molar refractivity (Wildman–Crippen MR) is 83.8 cm³/mol. The molecule has 2 rings (SSSR count). The second-order valence-corrected chi connectivity index (χ2v) is 6.97. The minimum atomic E-state index is -3.39. The van der Waals surface area contributed by atoms with Crippen molar-refractivity contribution in [1.82, 2.24) is 4.98 Å². The maximum atomic E-state index is 11.7. The van der Waals surface area contributed by atoms with Gasteiger partial charge in [0.05, 0.1) is 17.0 Å². The average molecular weight is 339 g/mol. The zero-order valence-corrected chi connectivity index (χ0v) is 13.6. The topological polar surface area (TPSA) is 103 Å². The van der Waals surface area contributed by atoms with Crippen LogP contribution in [0.15, 0.2) is 29.2 Å². The average Bonchev–Trinajstić information content (AvgIpc) is 2.49. The Balaban J connectivity index is 2.51. The number of carboxylic acids is 1. The first-order chi connectivity index (χ1) is 10.8. The van der Waals surface area contributed by atoms with E-state index < -0.39 is 15.8 Å². The highest BCUT2D eigenvalue weighted by molar-refractivity contribution is 7.90. The molecule has 0 aliphatic heterocycles. The van der Waals surface area contributed by atoms with Gasteiger partial charge in [0, 0.05) is 37.8 Å². The van der Waals surface area contributed by atoms with Crippen LogP contribution in [0.3, 0.4) is 0 Å². The summed E-state index contributed by atoms with van der Waals surface area (Å²) in [5.74, 6) is -0.894. The Kier molecular flexibility index (Phi) is 5.17. The second-order valence-electron chi connectivity index (χ2n) is 4.96. The molecule has 0 amide bonds. The molecule has 1 aromatic carbocycles. The van der Waals surface area contributed by atoms with Crippen LogP contribution in [0.4, 0.5) is 0 Å². The summed E-state index contributed by atoms with van der Waals surface area (Å²) < 4.78 is 33.9. The van der Waals surface area contributed by atoms with Crippen molar-refractivity contribution in [1.29, 1.82) is 0 Å². The summed E-state index contributed by atoms with van der Waals surface area (Å²) in [6.45, 7) is 0.818. The van der Waals surface area contributed by atoms with Gasteiger partial charge < -0.3 is 14.6 Å². The normalized spacial score (nSPS) is 11.6. The Hall–Kier alpha value is -2.19. The van der Waals surface area contributed by atoms with Crippen LogP contribution in [0.2, 0.25) is 0 Å². The van der Waals surface area contributed by atoms with Crippen molar-refractivity contribution in [2.24, 2.45) is 0 Å². The number of rotatable bonds is 7. The number of carbonyl (C=O) groups is 1. The molecular weight excluding hydrogens is 322 g/mol. The number of methoxy groups -OCH3 is 1. The monoisotopic (exact) mass is 339 g/mol. The quantitative estimate of drug-likeness (QED) is 0.767. The molecule has 1 aromatic heterocycles. The molecule has 0 saturated carbocycles. The van der Waals surface area contributed by atoms with Crippen molar-refractivity contribution in [3.05, 3.63) is 30.0 Å². The van der Waals surface area contributed by atoms with E-state index in [0.717, 1.165) is 6.26 Å². The first-order valence-corrected chi connectivity index (χ1v) is 8.72. The van der Waals surface area contributed by atoms with Crippen molar-refractivity contribution in [2.45, 2.75) is 11.3 Å². The van der Waals surface area contributed by atoms with Crippen molar-refractivity contribution >= 4 is 26.7 Å². The number of carboxylic acid groups (broad SMARTS) is 1. The van der Waals surface area contributed by atoms with Gasteiger partial charge in [-0.3, -0.25) is 0 Å². The highest BCUT2D eigenvalue weighted by Gasteiger charge is 2.15. The van der Waals surface area contributed by atoms with Crippen LogP contribution in [0.1, 0.15) is 16.9 Å². The standard InChI is InChI=1S/C15H17NO6S/c1-21-6-3-7-22-14-9-13(15(17)18)16-12-5-4-10(8-11(12)14)23(2,19)20/h4-5,8-9H,3,6-7H2,1-2H3,(H,17,18). The molecule has 8 heteroatoms. The fourth-order valence-electron chi connectivity index (χ4n) is 2.02. The number of ether oxygens (including phenoxy) is 2. The van der Waals surface area contributed by atoms with E-state index in [1.54, 1.807) is 7.11 Å². The molecule has 0 atom stereocenters. The summed E-state index contributed by atoms with van der Waals surface area (Å²) in [6.07, 6.45) is 1.72. The molecule has 7 nitrogen and oxygen atoms in total. The Morgan fingerprint density at radius 1 is 1.26 bits per heavy atom. The van der Waals surface area contributed by atoms with Crippen molar-refractivity contribution in [3.63, 3.8) is 0 Å². The minimum absolute atomic E-state index is 0.122. The third kappa shape index (κ3) is 4.17. The fraction of sp³-hybridized carbons (Fsp3) is 0.333. The Bertz CT molecular complexity index is 831. The molecule has 0 spiro atoms. The third-order valence-corrected chi connectivity index (χ3v) is 4.25. The lowest BCUT2D eigenvalue weighted by Crippen LogP contribution is -2.06. The van der Waals surface area contributed by atoms with Gasteiger partial charge in [-0.05, 0) is 18.2 Å². The molecule has 0 fully saturated rings. The van der Waals surface area contributed by atoms with Gasteiger partial charge in [-0.1, -0.05) is 0 Å². The highest BCUT2D eigenvalue weighted by Crippen LogP contribution is 2.28. The third-order valence-electron chi connectivity index (χ3n) is 3.14. The lowest BCUT2D eigenvalue weighted by molar-refractivity contribution is 0.0690. The molecule has 1 heterocycles. The van der Waals surface area contributed by atoms with E-state index in [-0.39, 0.29) is 16.3 Å². The number of hydrogen-bond donors (Lipinski definition) is 1. The number of hydrogen-bond acceptors (Lipinski definition) is 6. The number of benzene rings is 1. The SMILES string of the molecule is COCCCOc1cc(C(=O)O)nc2ccc(S(C)(=O)=O)cc12. The van der Waals surface area contributed by atoms with Crippen molar-refractivity contribution < 1.29 is 27.8 Å². The number of fused-ring (bicyclic) bond motifs is 1. The largest absolute Gasteiger partial charge is 0.493 e. The number of aromatic nitrogens is 1. The summed E-state index contributed by atoms with van der Waals surface area (Å²) in [7, 11) is -1.81. The lowest BCUT2D eigenvalue weighted by Gasteiger charge is -2.11. The van der Waals surface area contributed by atoms with Gasteiger partial charge in [-0.2, -0.15) is 0 Å². The predicted octanol–water partition coefficient (Wildman–Crippen LogP) is 1.75. The summed E-state index contributed by atoms with van der Waals surface area (Å²) in [5.41, 5.74) is 0.199. The molecule has 0 radical (unpaired) electrons. The van der Waals surface area contributed by atoms with Gasteiger partial charge in [0.2, 0.25) is 0 Å². The Morgan fingerprint density at radius 3 is 2.61 bits per heavy atom. The molecule has 0 saturated heterocycles. The van der Waals surface area contributed by atoms with Gasteiger partial charge in [-0.25, -0.2) is 18.2 Å². The molecule has 1 N–H and O–H groups in total. The Labute approximate surface area is 133 Å². The summed E-state index contributed by atoms with van der Waals surface area (Å²) in [5, 5.41) is 9.58. The number of pyridine rings is 1. The molecule has 124 valence electrons. The first kappa shape index (κ1) is 17.2. The molecule has 0 aliphatic carbocycles. The van der Waals surface area contributed by atoms with E-state index in [1.165, 1.54) is 24.3 Å². The molecule has 0 unspecified atom stereocenters. The summed E-state index contributed by atoms with van der Waals surface area (Å²) in [4.78, 5) is 15.3. The number of sulfone groups is 1. The maximum absolute atomic E-state index is 11.7. The van der Waals surface area contributed by atoms with E-state index in [1.807, 2.05) is 0 Å². The van der Waals surface area contributed by atoms with Gasteiger partial charge in [-0.15, -0.1) is 0 Å². The second kappa shape index (κ2) is 6.93. The van der Waals surface area contributed by atoms with E-state index in [9.17, 15) is 13.2 Å². The Morgan fingerprint density at radius 2 is 2.00 bits per heavy atom. The minimum Gasteiger partial charge on any atom is -0.493 e. The smallest absolute Gasteiger partial charge is 0.354 e. The highest BCUT2D eigenvalue weighted by atomic mass is 32.2. The van der Waals surface area contributed by atoms with Crippen LogP contribution in [-0.2, 0) is 14.6 Å². The van der Waals surface area contributed by atoms with E-state index in [4.69, 9.17) is 14.6 Å². The molecular formula is C15H17NO6S. The van der Waals surface area contributed by atoms with Crippen molar-refractivity contribution in [2.75, 3.05) is 26.6 Å². The zero-order chi connectivity index (χ0) is 17.0. The van der Waals surface area contributed by atoms with Crippen LogP contribution in [0.5, 0.6) is 5.75 Å². The molecule has 0 bridgehead atoms. The van der Waals surface area contributed by atoms with Crippen LogP contribution in [-0.4, -0.2) is 51.1 Å². The fourth-order valence-corrected chi connectivity index (χ4v) is 2.67. The maximum Gasteiger partial charge on any atom is 0.354 e.